The average molecular weight is 434 g/mol. The Bertz CT molecular complexity index is 835. The zero-order valence-electron chi connectivity index (χ0n) is 16.9. The van der Waals surface area contributed by atoms with E-state index in [9.17, 15) is 14.4 Å². The maximum atomic E-state index is 11.6. The number of amides is 3. The van der Waals surface area contributed by atoms with Crippen LogP contribution in [0.3, 0.4) is 0 Å². The molecule has 0 saturated heterocycles. The summed E-state index contributed by atoms with van der Waals surface area (Å²) in [6.45, 7) is 0.483. The highest BCUT2D eigenvalue weighted by atomic mass is 16.5. The molecular formula is C19H26N6O6. The molecular weight excluding hydrogens is 408 g/mol. The van der Waals surface area contributed by atoms with E-state index in [0.29, 0.717) is 12.2 Å². The summed E-state index contributed by atoms with van der Waals surface area (Å²) in [5.41, 5.74) is 11.5. The van der Waals surface area contributed by atoms with Gasteiger partial charge in [0.25, 0.3) is 0 Å². The van der Waals surface area contributed by atoms with E-state index in [1.165, 1.54) is 6.92 Å². The molecule has 168 valence electrons. The molecule has 8 N–H and O–H groups in total. The molecule has 12 heteroatoms. The zero-order chi connectivity index (χ0) is 23.8. The van der Waals surface area contributed by atoms with Crippen LogP contribution in [0.4, 0.5) is 4.79 Å². The molecule has 2 aromatic rings. The van der Waals surface area contributed by atoms with Crippen molar-refractivity contribution in [1.82, 2.24) is 20.8 Å². The molecule has 0 fully saturated rings. The lowest BCUT2D eigenvalue weighted by molar-refractivity contribution is -0.140. The molecule has 1 heterocycles. The summed E-state index contributed by atoms with van der Waals surface area (Å²) in [6.07, 6.45) is 8.53. The fraction of sp³-hybridized carbons (Fsp3) is 0.316. The Hall–Kier alpha value is -3.95. The van der Waals surface area contributed by atoms with Crippen LogP contribution < -0.4 is 22.1 Å². The number of carbonyl (C=O) groups excluding carboxylic acids is 2. The number of aromatic nitrogens is 2. The number of terminal acetylenes is 1. The lowest BCUT2D eigenvalue weighted by Crippen LogP contribution is -2.47. The number of nitrogens with two attached hydrogens (primary N) is 2. The second-order valence-electron chi connectivity index (χ2n) is 5.85. The number of urea groups is 1. The predicted molar refractivity (Wildman–Crippen MR) is 110 cm³/mol. The quantitative estimate of drug-likeness (QED) is 0.290. The Balaban J connectivity index is 0.00000134. The van der Waals surface area contributed by atoms with Gasteiger partial charge in [0.05, 0.1) is 19.2 Å². The SMILES string of the molecule is C#C.CC(N)=O.N[C@@H](Cc1ccccc1)c1noc(CNC(=O)N[C@@H](CO)C(=O)O)n1. The van der Waals surface area contributed by atoms with E-state index in [0.717, 1.165) is 5.56 Å². The molecule has 2 rings (SSSR count). The van der Waals surface area contributed by atoms with Crippen molar-refractivity contribution >= 4 is 17.9 Å². The van der Waals surface area contributed by atoms with E-state index in [1.54, 1.807) is 0 Å². The standard InChI is InChI=1S/C15H19N5O5.C2H5NO.C2H2/c16-10(6-9-4-2-1-3-5-9)13-19-12(25-20-13)7-17-15(24)18-11(8-21)14(22)23;1-2(3)4;1-2/h1-5,10-11,21H,6-8,16H2,(H,22,23)(H2,17,18,24);1H3,(H2,3,4);1-2H/t10-,11-;;/m0../s1. The van der Waals surface area contributed by atoms with Crippen LogP contribution in [0.5, 0.6) is 0 Å². The van der Waals surface area contributed by atoms with Crippen LogP contribution >= 0.6 is 0 Å². The highest BCUT2D eigenvalue weighted by molar-refractivity contribution is 5.82. The predicted octanol–water partition coefficient (Wildman–Crippen LogP) is -0.702. The molecule has 0 radical (unpaired) electrons. The number of aliphatic hydroxyl groups excluding tert-OH is 1. The number of hydrogen-bond acceptors (Lipinski definition) is 8. The fourth-order valence-electron chi connectivity index (χ4n) is 2.00. The van der Waals surface area contributed by atoms with E-state index >= 15 is 0 Å². The zero-order valence-corrected chi connectivity index (χ0v) is 16.9. The van der Waals surface area contributed by atoms with Crippen LogP contribution in [-0.4, -0.2) is 50.9 Å². The lowest BCUT2D eigenvalue weighted by Gasteiger charge is -2.11. The molecule has 31 heavy (non-hydrogen) atoms. The summed E-state index contributed by atoms with van der Waals surface area (Å²) in [7, 11) is 0. The number of carboxylic acids is 1. The van der Waals surface area contributed by atoms with Crippen molar-refractivity contribution in [2.75, 3.05) is 6.61 Å². The van der Waals surface area contributed by atoms with Crippen LogP contribution in [0, 0.1) is 12.8 Å². The van der Waals surface area contributed by atoms with Gasteiger partial charge in [-0.25, -0.2) is 9.59 Å². The number of benzene rings is 1. The molecule has 0 saturated carbocycles. The first-order valence-electron chi connectivity index (χ1n) is 8.82. The summed E-state index contributed by atoms with van der Waals surface area (Å²) in [6, 6.07) is 6.96. The van der Waals surface area contributed by atoms with Gasteiger partial charge in [0.1, 0.15) is 0 Å². The van der Waals surface area contributed by atoms with Crippen LogP contribution in [0.1, 0.15) is 30.2 Å². The Morgan fingerprint density at radius 3 is 2.32 bits per heavy atom. The molecule has 0 aliphatic heterocycles. The number of carboxylic acid groups (broad SMARTS) is 1. The van der Waals surface area contributed by atoms with Crippen molar-refractivity contribution in [3.05, 3.63) is 47.6 Å². The third kappa shape index (κ3) is 11.6. The van der Waals surface area contributed by atoms with E-state index in [2.05, 4.69) is 39.4 Å². The summed E-state index contributed by atoms with van der Waals surface area (Å²) >= 11 is 0. The van der Waals surface area contributed by atoms with Gasteiger partial charge in [0, 0.05) is 6.92 Å². The highest BCUT2D eigenvalue weighted by Gasteiger charge is 2.19. The van der Waals surface area contributed by atoms with E-state index in [-0.39, 0.29) is 18.3 Å². The van der Waals surface area contributed by atoms with Crippen LogP contribution in [0.15, 0.2) is 34.9 Å². The van der Waals surface area contributed by atoms with Gasteiger partial charge in [-0.1, -0.05) is 35.5 Å². The molecule has 1 aromatic carbocycles. The molecule has 3 amide bonds. The maximum absolute atomic E-state index is 11.6. The molecule has 0 unspecified atom stereocenters. The third-order valence-electron chi connectivity index (χ3n) is 3.30. The smallest absolute Gasteiger partial charge is 0.328 e. The van der Waals surface area contributed by atoms with Crippen molar-refractivity contribution in [2.45, 2.75) is 32.0 Å². The molecule has 0 aliphatic rings. The fourth-order valence-corrected chi connectivity index (χ4v) is 2.00. The Morgan fingerprint density at radius 2 is 1.81 bits per heavy atom. The van der Waals surface area contributed by atoms with E-state index in [4.69, 9.17) is 20.5 Å². The second-order valence-corrected chi connectivity index (χ2v) is 5.85. The van der Waals surface area contributed by atoms with Gasteiger partial charge in [0.15, 0.2) is 11.9 Å². The Kier molecular flexibility index (Phi) is 13.1. The van der Waals surface area contributed by atoms with Crippen LogP contribution in [0.25, 0.3) is 0 Å². The van der Waals surface area contributed by atoms with Crippen LogP contribution in [0.2, 0.25) is 0 Å². The monoisotopic (exact) mass is 434 g/mol. The van der Waals surface area contributed by atoms with Gasteiger partial charge in [-0.05, 0) is 12.0 Å². The Morgan fingerprint density at radius 1 is 1.23 bits per heavy atom. The van der Waals surface area contributed by atoms with Crippen molar-refractivity contribution in [3.63, 3.8) is 0 Å². The van der Waals surface area contributed by atoms with Crippen LogP contribution in [-0.2, 0) is 22.6 Å². The molecule has 12 nitrogen and oxygen atoms in total. The third-order valence-corrected chi connectivity index (χ3v) is 3.30. The van der Waals surface area contributed by atoms with Crippen molar-refractivity contribution in [2.24, 2.45) is 11.5 Å². The summed E-state index contributed by atoms with van der Waals surface area (Å²) < 4.78 is 5.00. The van der Waals surface area contributed by atoms with E-state index in [1.807, 2.05) is 30.3 Å². The second kappa shape index (κ2) is 15.0. The first-order valence-corrected chi connectivity index (χ1v) is 8.82. The molecule has 0 bridgehead atoms. The van der Waals surface area contributed by atoms with Crippen molar-refractivity contribution in [1.29, 1.82) is 0 Å². The lowest BCUT2D eigenvalue weighted by atomic mass is 10.1. The minimum atomic E-state index is -1.39. The largest absolute Gasteiger partial charge is 0.480 e. The first-order chi connectivity index (χ1) is 14.7. The number of nitrogens with one attached hydrogen (secondary N) is 2. The first kappa shape index (κ1) is 27.0. The molecule has 0 aliphatic carbocycles. The number of rotatable bonds is 8. The van der Waals surface area contributed by atoms with Crippen molar-refractivity contribution < 1.29 is 29.1 Å². The number of nitrogens with zero attached hydrogens (tertiary/aromatic N) is 2. The number of primary amides is 1. The molecule has 0 spiro atoms. The minimum Gasteiger partial charge on any atom is -0.480 e. The van der Waals surface area contributed by atoms with Gasteiger partial charge in [-0.2, -0.15) is 4.98 Å². The summed E-state index contributed by atoms with van der Waals surface area (Å²) in [5, 5.41) is 25.8. The average Bonchev–Trinajstić information content (AvgIpc) is 3.21. The molecule has 1 aromatic heterocycles. The normalized spacial score (nSPS) is 11.4. The van der Waals surface area contributed by atoms with Gasteiger partial charge in [-0.3, -0.25) is 4.79 Å². The molecule has 2 atom stereocenters. The number of carbonyl (C=O) groups is 3. The minimum absolute atomic E-state index is 0.103. The number of hydrogen-bond donors (Lipinski definition) is 6. The summed E-state index contributed by atoms with van der Waals surface area (Å²) in [4.78, 5) is 35.6. The van der Waals surface area contributed by atoms with E-state index < -0.39 is 30.7 Å². The highest BCUT2D eigenvalue weighted by Crippen LogP contribution is 2.13. The Labute approximate surface area is 179 Å². The summed E-state index contributed by atoms with van der Waals surface area (Å²) in [5.74, 6) is -1.24. The topological polar surface area (TPSA) is 207 Å². The van der Waals surface area contributed by atoms with Gasteiger partial charge in [0.2, 0.25) is 11.8 Å². The van der Waals surface area contributed by atoms with Gasteiger partial charge in [-0.15, -0.1) is 12.8 Å². The van der Waals surface area contributed by atoms with Gasteiger partial charge >= 0.3 is 12.0 Å². The van der Waals surface area contributed by atoms with Gasteiger partial charge < -0.3 is 36.8 Å². The van der Waals surface area contributed by atoms with Crippen molar-refractivity contribution in [3.8, 4) is 12.8 Å². The number of aliphatic hydroxyl groups is 1. The number of aliphatic carboxylic acids is 1. The maximum Gasteiger partial charge on any atom is 0.328 e.